The van der Waals surface area contributed by atoms with Crippen molar-refractivity contribution in [2.75, 3.05) is 7.11 Å². The molecule has 1 aromatic carbocycles. The van der Waals surface area contributed by atoms with Gasteiger partial charge in [0.2, 0.25) is 0 Å². The van der Waals surface area contributed by atoms with Crippen LogP contribution in [0.2, 0.25) is 5.02 Å². The van der Waals surface area contributed by atoms with Gasteiger partial charge in [0.1, 0.15) is 5.75 Å². The van der Waals surface area contributed by atoms with Crippen LogP contribution < -0.4 is 4.74 Å². The van der Waals surface area contributed by atoms with Gasteiger partial charge in [-0.25, -0.2) is 0 Å². The fourth-order valence-electron chi connectivity index (χ4n) is 1.11. The van der Waals surface area contributed by atoms with Crippen molar-refractivity contribution in [1.82, 2.24) is 0 Å². The predicted octanol–water partition coefficient (Wildman–Crippen LogP) is 3.44. The van der Waals surface area contributed by atoms with E-state index in [-0.39, 0.29) is 6.15 Å². The molecule has 0 fully saturated rings. The molecule has 0 bridgehead atoms. The first-order valence-corrected chi connectivity index (χ1v) is 5.03. The van der Waals surface area contributed by atoms with Crippen LogP contribution in [0.3, 0.4) is 0 Å². The fourth-order valence-corrected chi connectivity index (χ4v) is 1.38. The van der Waals surface area contributed by atoms with Gasteiger partial charge in [0, 0.05) is 10.6 Å². The highest BCUT2D eigenvalue weighted by Crippen LogP contribution is 2.25. The van der Waals surface area contributed by atoms with Crippen LogP contribution in [0.5, 0.6) is 5.75 Å². The number of nitrogens with zero attached hydrogens (tertiary/aromatic N) is 3. The Morgan fingerprint density at radius 1 is 1.56 bits per heavy atom. The number of hydrogen-bond donors (Lipinski definition) is 0. The number of azide groups is 1. The smallest absolute Gasteiger partial charge is 0.373 e. The Labute approximate surface area is 108 Å². The van der Waals surface area contributed by atoms with Crippen LogP contribution in [0.4, 0.5) is 0 Å². The maximum Gasteiger partial charge on any atom is 0.373 e. The van der Waals surface area contributed by atoms with Crippen molar-refractivity contribution in [3.63, 3.8) is 0 Å². The number of hydrogen-bond acceptors (Lipinski definition) is 4. The van der Waals surface area contributed by atoms with Crippen LogP contribution in [0.25, 0.3) is 16.5 Å². The van der Waals surface area contributed by atoms with E-state index in [4.69, 9.17) is 31.5 Å². The summed E-state index contributed by atoms with van der Waals surface area (Å²) in [5, 5.41) is 3.99. The molecule has 0 amide bonds. The third-order valence-electron chi connectivity index (χ3n) is 1.75. The zero-order valence-corrected chi connectivity index (χ0v) is 10.5. The summed E-state index contributed by atoms with van der Waals surface area (Å²) in [6.07, 6.45) is 1.99. The van der Waals surface area contributed by atoms with E-state index < -0.39 is 0 Å². The molecule has 94 valence electrons. The number of allylic oxidation sites excluding steroid dienone is 1. The Kier molecular flexibility index (Phi) is 7.73. The number of ether oxygens (including phenoxy) is 1. The van der Waals surface area contributed by atoms with Gasteiger partial charge in [0.25, 0.3) is 0 Å². The average molecular weight is 268 g/mol. The van der Waals surface area contributed by atoms with Crippen LogP contribution >= 0.6 is 11.6 Å². The lowest BCUT2D eigenvalue weighted by molar-refractivity contribution is -0.191. The van der Waals surface area contributed by atoms with Gasteiger partial charge in [-0.15, -0.1) is 0 Å². The van der Waals surface area contributed by atoms with Gasteiger partial charge in [-0.3, -0.25) is 0 Å². The standard InChI is InChI=1S/C10H10ClN3O.CO2/c1-7(13-14-12)5-8-3-4-10(15-2)9(11)6-8;2-1-3/h3-6H,1-2H3;/b7-5-;. The van der Waals surface area contributed by atoms with Gasteiger partial charge in [-0.05, 0) is 36.2 Å². The van der Waals surface area contributed by atoms with Crippen molar-refractivity contribution >= 4 is 23.8 Å². The minimum absolute atomic E-state index is 0.250. The quantitative estimate of drug-likeness (QED) is 0.477. The summed E-state index contributed by atoms with van der Waals surface area (Å²) in [4.78, 5) is 18.9. The molecule has 0 spiro atoms. The Bertz CT molecular complexity index is 516. The molecule has 1 aromatic rings. The average Bonchev–Trinajstić information content (AvgIpc) is 2.30. The predicted molar refractivity (Wildman–Crippen MR) is 65.8 cm³/mol. The van der Waals surface area contributed by atoms with Crippen LogP contribution in [0.1, 0.15) is 12.5 Å². The third-order valence-corrected chi connectivity index (χ3v) is 2.05. The molecule has 0 aromatic heterocycles. The molecule has 0 atom stereocenters. The monoisotopic (exact) mass is 267 g/mol. The summed E-state index contributed by atoms with van der Waals surface area (Å²) < 4.78 is 5.02. The highest BCUT2D eigenvalue weighted by atomic mass is 35.5. The second kappa shape index (κ2) is 8.84. The van der Waals surface area contributed by atoms with Gasteiger partial charge in [-0.2, -0.15) is 9.59 Å². The lowest BCUT2D eigenvalue weighted by Gasteiger charge is -2.03. The SMILES string of the molecule is COc1ccc(/C=C(/C)N=[N+]=[N-])cc1Cl.O=C=O. The van der Waals surface area contributed by atoms with Crippen LogP contribution in [0, 0.1) is 0 Å². The molecule has 0 N–H and O–H groups in total. The van der Waals surface area contributed by atoms with E-state index in [0.717, 1.165) is 5.56 Å². The number of halogens is 1. The van der Waals surface area contributed by atoms with Crippen LogP contribution in [0.15, 0.2) is 29.0 Å². The first kappa shape index (κ1) is 15.7. The third kappa shape index (κ3) is 5.72. The molecule has 0 aliphatic carbocycles. The van der Waals surface area contributed by atoms with Gasteiger partial charge in [-0.1, -0.05) is 22.8 Å². The first-order chi connectivity index (χ1) is 8.58. The zero-order chi connectivity index (χ0) is 14.0. The second-order valence-corrected chi connectivity index (χ2v) is 3.36. The molecule has 0 aliphatic heterocycles. The molecule has 1 rings (SSSR count). The van der Waals surface area contributed by atoms with Crippen molar-refractivity contribution in [1.29, 1.82) is 0 Å². The van der Waals surface area contributed by atoms with Crippen molar-refractivity contribution in [3.8, 4) is 5.75 Å². The molecule has 6 nitrogen and oxygen atoms in total. The minimum atomic E-state index is 0.250. The van der Waals surface area contributed by atoms with E-state index in [9.17, 15) is 0 Å². The Balaban J connectivity index is 0.000000873. The van der Waals surface area contributed by atoms with E-state index in [1.165, 1.54) is 0 Å². The molecule has 0 saturated carbocycles. The molecule has 18 heavy (non-hydrogen) atoms. The fraction of sp³-hybridized carbons (Fsp3) is 0.182. The van der Waals surface area contributed by atoms with E-state index >= 15 is 0 Å². The zero-order valence-electron chi connectivity index (χ0n) is 9.75. The molecular weight excluding hydrogens is 258 g/mol. The van der Waals surface area contributed by atoms with E-state index in [0.29, 0.717) is 16.5 Å². The molecule has 0 heterocycles. The van der Waals surface area contributed by atoms with Crippen LogP contribution in [-0.4, -0.2) is 13.3 Å². The molecule has 0 radical (unpaired) electrons. The Hall–Kier alpha value is -2.26. The summed E-state index contributed by atoms with van der Waals surface area (Å²) in [6.45, 7) is 1.72. The maximum absolute atomic E-state index is 8.22. The molecule has 0 unspecified atom stereocenters. The molecule has 7 heteroatoms. The number of rotatable bonds is 3. The lowest BCUT2D eigenvalue weighted by atomic mass is 10.2. The van der Waals surface area contributed by atoms with Gasteiger partial charge < -0.3 is 4.74 Å². The van der Waals surface area contributed by atoms with Gasteiger partial charge >= 0.3 is 6.15 Å². The number of benzene rings is 1. The van der Waals surface area contributed by atoms with E-state index in [1.54, 1.807) is 32.2 Å². The topological polar surface area (TPSA) is 92.1 Å². The highest BCUT2D eigenvalue weighted by molar-refractivity contribution is 6.32. The van der Waals surface area contributed by atoms with Gasteiger partial charge in [0.15, 0.2) is 0 Å². The number of carbonyl (C=O) groups excluding carboxylic acids is 2. The molecular formula is C11H10ClN3O3. The molecule has 0 saturated heterocycles. The van der Waals surface area contributed by atoms with Crippen molar-refractivity contribution in [2.45, 2.75) is 6.92 Å². The largest absolute Gasteiger partial charge is 0.495 e. The Morgan fingerprint density at radius 3 is 2.61 bits per heavy atom. The van der Waals surface area contributed by atoms with Crippen LogP contribution in [-0.2, 0) is 9.59 Å². The Morgan fingerprint density at radius 2 is 2.17 bits per heavy atom. The minimum Gasteiger partial charge on any atom is -0.495 e. The highest BCUT2D eigenvalue weighted by Gasteiger charge is 1.99. The number of methoxy groups -OCH3 is 1. The summed E-state index contributed by atoms with van der Waals surface area (Å²) in [7, 11) is 1.56. The summed E-state index contributed by atoms with van der Waals surface area (Å²) in [5.41, 5.74) is 9.67. The van der Waals surface area contributed by atoms with Crippen molar-refractivity contribution in [2.24, 2.45) is 5.11 Å². The first-order valence-electron chi connectivity index (χ1n) is 4.65. The normalized spacial score (nSPS) is 9.39. The molecule has 0 aliphatic rings. The summed E-state index contributed by atoms with van der Waals surface area (Å²) in [6, 6.07) is 5.34. The van der Waals surface area contributed by atoms with E-state index in [2.05, 4.69) is 10.0 Å². The van der Waals surface area contributed by atoms with Gasteiger partial charge in [0.05, 0.1) is 12.1 Å². The van der Waals surface area contributed by atoms with Crippen molar-refractivity contribution < 1.29 is 14.3 Å². The van der Waals surface area contributed by atoms with Crippen molar-refractivity contribution in [3.05, 3.63) is 44.9 Å². The van der Waals surface area contributed by atoms with E-state index in [1.807, 2.05) is 6.07 Å². The second-order valence-electron chi connectivity index (χ2n) is 2.95. The maximum atomic E-state index is 8.22. The summed E-state index contributed by atoms with van der Waals surface area (Å²) >= 11 is 5.93. The summed E-state index contributed by atoms with van der Waals surface area (Å²) in [5.74, 6) is 0.621. The lowest BCUT2D eigenvalue weighted by Crippen LogP contribution is -1.84.